The predicted octanol–water partition coefficient (Wildman–Crippen LogP) is 5.14. The topological polar surface area (TPSA) is 46.4 Å². The molecule has 0 saturated heterocycles. The summed E-state index contributed by atoms with van der Waals surface area (Å²) in [4.78, 5) is 13.7. The summed E-state index contributed by atoms with van der Waals surface area (Å²) in [6.45, 7) is 4.78. The Labute approximate surface area is 174 Å². The minimum absolute atomic E-state index is 0.105. The fourth-order valence-electron chi connectivity index (χ4n) is 3.58. The number of carbonyl (C=O) groups excluding carboxylic acids is 1. The van der Waals surface area contributed by atoms with Crippen LogP contribution in [0.1, 0.15) is 28.6 Å². The monoisotopic (exact) mass is 401 g/mol. The molecule has 0 aliphatic carbocycles. The summed E-state index contributed by atoms with van der Waals surface area (Å²) in [5.74, 6) is -0.105. The van der Waals surface area contributed by atoms with E-state index in [0.29, 0.717) is 6.42 Å². The van der Waals surface area contributed by atoms with Gasteiger partial charge in [-0.1, -0.05) is 54.6 Å². The molecule has 5 heteroatoms. The summed E-state index contributed by atoms with van der Waals surface area (Å²) in [5.41, 5.74) is 8.09. The average molecular weight is 402 g/mol. The van der Waals surface area contributed by atoms with E-state index in [4.69, 9.17) is 0 Å². The van der Waals surface area contributed by atoms with Gasteiger partial charge in [0.2, 0.25) is 5.91 Å². The van der Waals surface area contributed by atoms with Crippen molar-refractivity contribution in [2.75, 3.05) is 0 Å². The van der Waals surface area contributed by atoms with Gasteiger partial charge in [0.1, 0.15) is 0 Å². The molecule has 2 aromatic carbocycles. The van der Waals surface area contributed by atoms with Crippen LogP contribution in [0.5, 0.6) is 0 Å². The van der Waals surface area contributed by atoms with Gasteiger partial charge < -0.3 is 4.57 Å². The van der Waals surface area contributed by atoms with Gasteiger partial charge in [0.05, 0.1) is 12.1 Å². The van der Waals surface area contributed by atoms with Crippen molar-refractivity contribution in [3.8, 4) is 0 Å². The average Bonchev–Trinajstić information content (AvgIpc) is 3.37. The van der Waals surface area contributed by atoms with Gasteiger partial charge in [0.15, 0.2) is 0 Å². The standard InChI is InChI=1S/C24H23N3OS/c1-17(23-13-8-14-29-23)25-26-24(28)15-21-18(2)27(16-19-9-4-3-5-10-19)22-12-7-6-11-20(21)22/h3-14H,15-16H2,1-2H3,(H,26,28). The van der Waals surface area contributed by atoms with Crippen LogP contribution >= 0.6 is 11.3 Å². The van der Waals surface area contributed by atoms with Gasteiger partial charge in [0.25, 0.3) is 0 Å². The number of fused-ring (bicyclic) bond motifs is 1. The SMILES string of the molecule is CC(=NNC(=O)Cc1c(C)n(Cc2ccccc2)c2ccccc12)c1cccs1. The first-order valence-electron chi connectivity index (χ1n) is 9.61. The molecule has 0 aliphatic heterocycles. The smallest absolute Gasteiger partial charge is 0.244 e. The van der Waals surface area contributed by atoms with E-state index in [1.807, 2.05) is 42.6 Å². The molecule has 4 nitrogen and oxygen atoms in total. The lowest BCUT2D eigenvalue weighted by Gasteiger charge is -2.09. The Morgan fingerprint density at radius 2 is 1.79 bits per heavy atom. The van der Waals surface area contributed by atoms with Crippen LogP contribution in [0.4, 0.5) is 0 Å². The molecule has 0 aliphatic rings. The molecule has 0 bridgehead atoms. The molecule has 29 heavy (non-hydrogen) atoms. The fourth-order valence-corrected chi connectivity index (χ4v) is 4.26. The van der Waals surface area contributed by atoms with Crippen molar-refractivity contribution in [1.29, 1.82) is 0 Å². The second kappa shape index (κ2) is 8.45. The Kier molecular flexibility index (Phi) is 5.58. The summed E-state index contributed by atoms with van der Waals surface area (Å²) < 4.78 is 2.29. The third kappa shape index (κ3) is 4.15. The van der Waals surface area contributed by atoms with Gasteiger partial charge in [0, 0.05) is 28.0 Å². The van der Waals surface area contributed by atoms with E-state index in [1.54, 1.807) is 11.3 Å². The third-order valence-corrected chi connectivity index (χ3v) is 6.09. The van der Waals surface area contributed by atoms with Crippen LogP contribution in [0.3, 0.4) is 0 Å². The molecule has 0 fully saturated rings. The molecule has 1 N–H and O–H groups in total. The summed E-state index contributed by atoms with van der Waals surface area (Å²) in [5, 5.41) is 7.39. The number of hydrogen-bond acceptors (Lipinski definition) is 3. The van der Waals surface area contributed by atoms with Crippen LogP contribution in [-0.2, 0) is 17.8 Å². The molecular formula is C24H23N3OS. The maximum Gasteiger partial charge on any atom is 0.244 e. The van der Waals surface area contributed by atoms with Crippen LogP contribution in [-0.4, -0.2) is 16.2 Å². The predicted molar refractivity (Wildman–Crippen MR) is 121 cm³/mol. The fraction of sp³-hybridized carbons (Fsp3) is 0.167. The number of nitrogens with zero attached hydrogens (tertiary/aromatic N) is 2. The van der Waals surface area contributed by atoms with Crippen molar-refractivity contribution >= 4 is 33.9 Å². The summed E-state index contributed by atoms with van der Waals surface area (Å²) >= 11 is 1.61. The lowest BCUT2D eigenvalue weighted by atomic mass is 10.1. The Morgan fingerprint density at radius 1 is 1.03 bits per heavy atom. The minimum Gasteiger partial charge on any atom is -0.340 e. The highest BCUT2D eigenvalue weighted by Crippen LogP contribution is 2.27. The second-order valence-corrected chi connectivity index (χ2v) is 7.99. The Balaban J connectivity index is 1.59. The third-order valence-electron chi connectivity index (χ3n) is 5.11. The van der Waals surface area contributed by atoms with Crippen molar-refractivity contribution in [3.05, 3.63) is 93.8 Å². The molecule has 4 aromatic rings. The first kappa shape index (κ1) is 19.2. The minimum atomic E-state index is -0.105. The van der Waals surface area contributed by atoms with Gasteiger partial charge in [-0.25, -0.2) is 5.43 Å². The molecule has 0 radical (unpaired) electrons. The molecule has 4 rings (SSSR count). The van der Waals surface area contributed by atoms with Crippen LogP contribution in [0.2, 0.25) is 0 Å². The zero-order valence-corrected chi connectivity index (χ0v) is 17.4. The number of thiophene rings is 1. The van der Waals surface area contributed by atoms with E-state index in [-0.39, 0.29) is 5.91 Å². The highest BCUT2D eigenvalue weighted by Gasteiger charge is 2.16. The van der Waals surface area contributed by atoms with E-state index in [0.717, 1.165) is 39.3 Å². The lowest BCUT2D eigenvalue weighted by molar-refractivity contribution is -0.120. The van der Waals surface area contributed by atoms with Gasteiger partial charge in [-0.2, -0.15) is 5.10 Å². The van der Waals surface area contributed by atoms with Crippen LogP contribution in [0, 0.1) is 6.92 Å². The number of amides is 1. The van der Waals surface area contributed by atoms with E-state index in [2.05, 4.69) is 58.4 Å². The number of hydrazone groups is 1. The number of aromatic nitrogens is 1. The first-order chi connectivity index (χ1) is 14.1. The molecule has 0 atom stereocenters. The van der Waals surface area contributed by atoms with Gasteiger partial charge >= 0.3 is 0 Å². The normalized spacial score (nSPS) is 11.7. The Morgan fingerprint density at radius 3 is 2.55 bits per heavy atom. The van der Waals surface area contributed by atoms with Crippen molar-refractivity contribution in [1.82, 2.24) is 9.99 Å². The second-order valence-electron chi connectivity index (χ2n) is 7.04. The van der Waals surface area contributed by atoms with Gasteiger partial charge in [-0.3, -0.25) is 4.79 Å². The lowest BCUT2D eigenvalue weighted by Crippen LogP contribution is -2.21. The zero-order valence-electron chi connectivity index (χ0n) is 16.6. The van der Waals surface area contributed by atoms with Crippen molar-refractivity contribution in [3.63, 3.8) is 0 Å². The van der Waals surface area contributed by atoms with E-state index >= 15 is 0 Å². The molecule has 2 aromatic heterocycles. The van der Waals surface area contributed by atoms with E-state index in [9.17, 15) is 4.79 Å². The summed E-state index contributed by atoms with van der Waals surface area (Å²) in [6.07, 6.45) is 0.301. The number of carbonyl (C=O) groups is 1. The largest absolute Gasteiger partial charge is 0.340 e. The van der Waals surface area contributed by atoms with Gasteiger partial charge in [-0.05, 0) is 42.5 Å². The maximum absolute atomic E-state index is 12.6. The molecule has 2 heterocycles. The van der Waals surface area contributed by atoms with Gasteiger partial charge in [-0.15, -0.1) is 11.3 Å². The summed E-state index contributed by atoms with van der Waals surface area (Å²) in [7, 11) is 0. The number of benzene rings is 2. The van der Waals surface area contributed by atoms with Crippen LogP contribution in [0.25, 0.3) is 10.9 Å². The molecule has 0 saturated carbocycles. The number of hydrogen-bond donors (Lipinski definition) is 1. The summed E-state index contributed by atoms with van der Waals surface area (Å²) in [6, 6.07) is 22.6. The number of para-hydroxylation sites is 1. The maximum atomic E-state index is 12.6. The molecule has 0 unspecified atom stereocenters. The number of nitrogens with one attached hydrogen (secondary N) is 1. The van der Waals surface area contributed by atoms with E-state index in [1.165, 1.54) is 5.56 Å². The van der Waals surface area contributed by atoms with Crippen LogP contribution in [0.15, 0.2) is 77.2 Å². The number of rotatable bonds is 6. The Hall–Kier alpha value is -3.18. The van der Waals surface area contributed by atoms with Crippen molar-refractivity contribution in [2.45, 2.75) is 26.8 Å². The highest BCUT2D eigenvalue weighted by atomic mass is 32.1. The highest BCUT2D eigenvalue weighted by molar-refractivity contribution is 7.12. The Bertz CT molecular complexity index is 1160. The van der Waals surface area contributed by atoms with Crippen molar-refractivity contribution in [2.24, 2.45) is 5.10 Å². The molecular weight excluding hydrogens is 378 g/mol. The first-order valence-corrected chi connectivity index (χ1v) is 10.5. The van der Waals surface area contributed by atoms with E-state index < -0.39 is 0 Å². The molecule has 0 spiro atoms. The van der Waals surface area contributed by atoms with Crippen molar-refractivity contribution < 1.29 is 4.79 Å². The molecule has 1 amide bonds. The zero-order chi connectivity index (χ0) is 20.2. The van der Waals surface area contributed by atoms with Crippen LogP contribution < -0.4 is 5.43 Å². The quantitative estimate of drug-likeness (QED) is 0.353. The molecule has 146 valence electrons.